The Bertz CT molecular complexity index is 1520. The quantitative estimate of drug-likeness (QED) is 0.269. The van der Waals surface area contributed by atoms with E-state index in [0.717, 1.165) is 18.4 Å². The van der Waals surface area contributed by atoms with E-state index in [9.17, 15) is 24.6 Å². The summed E-state index contributed by atoms with van der Waals surface area (Å²) in [6, 6.07) is 7.85. The van der Waals surface area contributed by atoms with Gasteiger partial charge in [-0.2, -0.15) is 0 Å². The molecule has 9 nitrogen and oxygen atoms in total. The number of hydrogen-bond acceptors (Lipinski definition) is 7. The molecule has 2 aromatic heterocycles. The van der Waals surface area contributed by atoms with Crippen LogP contribution in [0.2, 0.25) is 5.02 Å². The van der Waals surface area contributed by atoms with Crippen LogP contribution in [-0.2, 0) is 22.4 Å². The number of aryl methyl sites for hydroxylation is 1. The van der Waals surface area contributed by atoms with Gasteiger partial charge in [-0.25, -0.2) is 4.79 Å². The molecule has 0 saturated heterocycles. The van der Waals surface area contributed by atoms with E-state index in [1.807, 2.05) is 0 Å². The summed E-state index contributed by atoms with van der Waals surface area (Å²) in [6.07, 6.45) is 2.95. The first-order valence-electron chi connectivity index (χ1n) is 11.9. The van der Waals surface area contributed by atoms with Gasteiger partial charge < -0.3 is 34.5 Å². The summed E-state index contributed by atoms with van der Waals surface area (Å²) < 4.78 is 11.0. The lowest BCUT2D eigenvalue weighted by Gasteiger charge is -2.22. The molecule has 0 fully saturated rings. The van der Waals surface area contributed by atoms with Gasteiger partial charge in [-0.1, -0.05) is 24.9 Å². The number of carboxylic acids is 1. The summed E-state index contributed by atoms with van der Waals surface area (Å²) in [6.45, 7) is 3.50. The van der Waals surface area contributed by atoms with Crippen molar-refractivity contribution in [3.05, 3.63) is 69.2 Å². The number of rotatable bonds is 10. The number of nitrogens with one attached hydrogen (secondary N) is 2. The lowest BCUT2D eigenvalue weighted by molar-refractivity contribution is -0.308. The molecule has 0 spiro atoms. The molecule has 0 saturated carbocycles. The Hall–Kier alpha value is -3.98. The molecule has 4 rings (SSSR count). The predicted octanol–water partition coefficient (Wildman–Crippen LogP) is 3.22. The van der Waals surface area contributed by atoms with Crippen LogP contribution in [0.3, 0.4) is 0 Å². The van der Waals surface area contributed by atoms with Gasteiger partial charge in [0.1, 0.15) is 17.1 Å². The second-order valence-corrected chi connectivity index (χ2v) is 9.27. The first-order chi connectivity index (χ1) is 17.7. The van der Waals surface area contributed by atoms with Crippen molar-refractivity contribution < 1.29 is 29.0 Å². The van der Waals surface area contributed by atoms with Crippen molar-refractivity contribution in [1.29, 1.82) is 0 Å². The number of halogens is 1. The zero-order chi connectivity index (χ0) is 26.7. The van der Waals surface area contributed by atoms with E-state index < -0.39 is 29.6 Å². The molecule has 194 valence electrons. The number of carbonyl (C=O) groups excluding carboxylic acids is 2. The number of phenolic OH excluding ortho intramolecular Hbond substituents is 1. The number of aliphatic carboxylic acids is 1. The number of H-pyrrole nitrogens is 1. The zero-order valence-corrected chi connectivity index (χ0v) is 21.1. The molecule has 2 aromatic carbocycles. The van der Waals surface area contributed by atoms with Crippen LogP contribution in [0.5, 0.6) is 11.5 Å². The Morgan fingerprint density at radius 3 is 2.70 bits per heavy atom. The molecule has 37 heavy (non-hydrogen) atoms. The van der Waals surface area contributed by atoms with E-state index in [0.29, 0.717) is 28.3 Å². The molecule has 0 aliphatic heterocycles. The topological polar surface area (TPSA) is 145 Å². The molecule has 2 heterocycles. The SMILES string of the molecule is CCCCc1cc(=O)oc2cc(O[C@@H](C)C(=O)N[C@@H](Cc3c[nH]c4ccc(O)cc34)C(=O)[O-])c(Cl)cc12. The summed E-state index contributed by atoms with van der Waals surface area (Å²) in [5, 5.41) is 25.5. The number of hydrogen-bond donors (Lipinski definition) is 3. The van der Waals surface area contributed by atoms with Crippen molar-refractivity contribution in [1.82, 2.24) is 10.3 Å². The number of unbranched alkanes of at least 4 members (excludes halogenated alkanes) is 1. The zero-order valence-electron chi connectivity index (χ0n) is 20.3. The highest BCUT2D eigenvalue weighted by Gasteiger charge is 2.23. The largest absolute Gasteiger partial charge is 0.548 e. The van der Waals surface area contributed by atoms with Crippen LogP contribution in [0.4, 0.5) is 0 Å². The van der Waals surface area contributed by atoms with Gasteiger partial charge in [-0.15, -0.1) is 0 Å². The lowest BCUT2D eigenvalue weighted by Crippen LogP contribution is -2.52. The Labute approximate surface area is 217 Å². The van der Waals surface area contributed by atoms with Gasteiger partial charge in [0.05, 0.1) is 17.0 Å². The van der Waals surface area contributed by atoms with Gasteiger partial charge in [-0.3, -0.25) is 4.79 Å². The first kappa shape index (κ1) is 26.1. The molecule has 3 N–H and O–H groups in total. The van der Waals surface area contributed by atoms with Gasteiger partial charge >= 0.3 is 5.63 Å². The monoisotopic (exact) mass is 525 g/mol. The highest BCUT2D eigenvalue weighted by atomic mass is 35.5. The molecule has 1 amide bonds. The summed E-state index contributed by atoms with van der Waals surface area (Å²) in [5.41, 5.74) is 1.89. The molecule has 0 radical (unpaired) electrons. The number of aromatic amines is 1. The van der Waals surface area contributed by atoms with E-state index in [-0.39, 0.29) is 28.5 Å². The Morgan fingerprint density at radius 1 is 1.19 bits per heavy atom. The molecule has 0 unspecified atom stereocenters. The summed E-state index contributed by atoms with van der Waals surface area (Å²) >= 11 is 6.41. The number of aromatic hydroxyl groups is 1. The maximum atomic E-state index is 12.8. The number of fused-ring (bicyclic) bond motifs is 2. The third-order valence-electron chi connectivity index (χ3n) is 6.13. The Kier molecular flexibility index (Phi) is 7.73. The fraction of sp³-hybridized carbons (Fsp3) is 0.296. The molecule has 0 aliphatic carbocycles. The third kappa shape index (κ3) is 5.89. The number of carboxylic acid groups (broad SMARTS) is 1. The highest BCUT2D eigenvalue weighted by molar-refractivity contribution is 6.32. The average Bonchev–Trinajstić information content (AvgIpc) is 3.24. The maximum absolute atomic E-state index is 12.8. The smallest absolute Gasteiger partial charge is 0.336 e. The van der Waals surface area contributed by atoms with Crippen molar-refractivity contribution in [3.63, 3.8) is 0 Å². The minimum Gasteiger partial charge on any atom is -0.548 e. The van der Waals surface area contributed by atoms with E-state index >= 15 is 0 Å². The summed E-state index contributed by atoms with van der Waals surface area (Å²) in [4.78, 5) is 39.6. The van der Waals surface area contributed by atoms with Crippen molar-refractivity contribution >= 4 is 45.3 Å². The number of phenols is 1. The van der Waals surface area contributed by atoms with Crippen LogP contribution in [0.1, 0.15) is 37.8 Å². The second kappa shape index (κ2) is 11.0. The first-order valence-corrected chi connectivity index (χ1v) is 12.3. The van der Waals surface area contributed by atoms with Crippen molar-refractivity contribution in [2.75, 3.05) is 0 Å². The van der Waals surface area contributed by atoms with E-state index in [2.05, 4.69) is 17.2 Å². The van der Waals surface area contributed by atoms with Crippen LogP contribution < -0.4 is 20.8 Å². The molecule has 4 aromatic rings. The van der Waals surface area contributed by atoms with E-state index in [1.165, 1.54) is 31.2 Å². The van der Waals surface area contributed by atoms with Gasteiger partial charge in [-0.05, 0) is 55.2 Å². The minimum absolute atomic E-state index is 0.0324. The summed E-state index contributed by atoms with van der Waals surface area (Å²) in [5.74, 6) is -2.03. The number of aromatic nitrogens is 1. The molecule has 2 atom stereocenters. The van der Waals surface area contributed by atoms with Gasteiger partial charge in [0.15, 0.2) is 6.10 Å². The number of carbonyl (C=O) groups is 2. The fourth-order valence-corrected chi connectivity index (χ4v) is 4.38. The molecule has 0 bridgehead atoms. The second-order valence-electron chi connectivity index (χ2n) is 8.86. The normalized spacial score (nSPS) is 12.9. The standard InChI is InChI=1S/C27H27ClN2O7/c1-3-4-5-15-9-25(32)37-23-12-24(20(28)11-19(15)23)36-14(2)26(33)30-22(27(34)35)8-16-13-29-21-7-6-17(31)10-18(16)21/h6-7,9-14,22,29,31H,3-5,8H2,1-2H3,(H,30,33)(H,34,35)/p-1/t14-,22-/m0/s1. The summed E-state index contributed by atoms with van der Waals surface area (Å²) in [7, 11) is 0. The predicted molar refractivity (Wildman–Crippen MR) is 137 cm³/mol. The third-order valence-corrected chi connectivity index (χ3v) is 6.43. The fourth-order valence-electron chi connectivity index (χ4n) is 4.17. The van der Waals surface area contributed by atoms with Crippen molar-refractivity contribution in [2.24, 2.45) is 0 Å². The van der Waals surface area contributed by atoms with E-state index in [4.69, 9.17) is 20.8 Å². The minimum atomic E-state index is -1.47. The van der Waals surface area contributed by atoms with Gasteiger partial charge in [0.2, 0.25) is 0 Å². The Balaban J connectivity index is 1.51. The van der Waals surface area contributed by atoms with Crippen molar-refractivity contribution in [2.45, 2.75) is 51.7 Å². The highest BCUT2D eigenvalue weighted by Crippen LogP contribution is 2.32. The van der Waals surface area contributed by atoms with Crippen molar-refractivity contribution in [3.8, 4) is 11.5 Å². The van der Waals surface area contributed by atoms with Gasteiger partial charge in [0, 0.05) is 41.0 Å². The van der Waals surface area contributed by atoms with Crippen LogP contribution in [0.25, 0.3) is 21.9 Å². The Morgan fingerprint density at radius 2 is 1.97 bits per heavy atom. The lowest BCUT2D eigenvalue weighted by atomic mass is 10.0. The molecule has 0 aliphatic rings. The number of amides is 1. The van der Waals surface area contributed by atoms with Crippen LogP contribution in [0, 0.1) is 0 Å². The average molecular weight is 526 g/mol. The molecular weight excluding hydrogens is 500 g/mol. The van der Waals surface area contributed by atoms with Gasteiger partial charge in [0.25, 0.3) is 5.91 Å². The molecule has 10 heteroatoms. The van der Waals surface area contributed by atoms with Crippen LogP contribution in [-0.4, -0.2) is 34.1 Å². The maximum Gasteiger partial charge on any atom is 0.336 e. The number of ether oxygens (including phenoxy) is 1. The van der Waals surface area contributed by atoms with E-state index in [1.54, 1.807) is 18.3 Å². The molecular formula is C27H26ClN2O7-. The number of benzene rings is 2. The van der Waals surface area contributed by atoms with Crippen LogP contribution in [0.15, 0.2) is 51.8 Å². The van der Waals surface area contributed by atoms with Crippen LogP contribution >= 0.6 is 11.6 Å².